The summed E-state index contributed by atoms with van der Waals surface area (Å²) in [5.41, 5.74) is 4.11. The van der Waals surface area contributed by atoms with Crippen LogP contribution in [0.25, 0.3) is 5.57 Å². The Morgan fingerprint density at radius 1 is 0.750 bits per heavy atom. The molecule has 3 aromatic rings. The topological polar surface area (TPSA) is 59.1 Å². The van der Waals surface area contributed by atoms with Gasteiger partial charge in [0, 0.05) is 12.2 Å². The third-order valence-electron chi connectivity index (χ3n) is 5.93. The number of imide groups is 1. The predicted molar refractivity (Wildman–Crippen MR) is 123 cm³/mol. The van der Waals surface area contributed by atoms with Crippen LogP contribution in [0.3, 0.4) is 0 Å². The molecule has 2 amide bonds. The van der Waals surface area contributed by atoms with Gasteiger partial charge in [0.1, 0.15) is 17.2 Å². The lowest BCUT2D eigenvalue weighted by molar-refractivity contribution is -0.120. The Morgan fingerprint density at radius 3 is 2.03 bits per heavy atom. The van der Waals surface area contributed by atoms with Crippen molar-refractivity contribution < 1.29 is 19.1 Å². The van der Waals surface area contributed by atoms with Crippen molar-refractivity contribution in [3.8, 4) is 11.5 Å². The number of hydrogen-bond acceptors (Lipinski definition) is 5. The fourth-order valence-electron chi connectivity index (χ4n) is 4.32. The van der Waals surface area contributed by atoms with Crippen LogP contribution in [-0.4, -0.2) is 32.6 Å². The molecule has 0 unspecified atom stereocenters. The first-order chi connectivity index (χ1) is 15.6. The van der Waals surface area contributed by atoms with E-state index in [0.717, 1.165) is 17.7 Å². The molecule has 0 aromatic heterocycles. The lowest BCUT2D eigenvalue weighted by Crippen LogP contribution is -2.34. The summed E-state index contributed by atoms with van der Waals surface area (Å²) < 4.78 is 10.5. The zero-order valence-corrected chi connectivity index (χ0v) is 17.9. The number of anilines is 2. The van der Waals surface area contributed by atoms with E-state index in [1.54, 1.807) is 50.6 Å². The summed E-state index contributed by atoms with van der Waals surface area (Å²) in [7, 11) is 3.17. The average molecular weight is 426 g/mol. The Balaban J connectivity index is 1.64. The van der Waals surface area contributed by atoms with Crippen LogP contribution in [0, 0.1) is 0 Å². The molecule has 3 aromatic carbocycles. The highest BCUT2D eigenvalue weighted by Crippen LogP contribution is 2.40. The molecule has 0 aliphatic carbocycles. The molecule has 5 rings (SSSR count). The molecule has 0 spiro atoms. The van der Waals surface area contributed by atoms with Gasteiger partial charge in [-0.25, -0.2) is 4.90 Å². The van der Waals surface area contributed by atoms with Crippen LogP contribution in [0.15, 0.2) is 78.5 Å². The van der Waals surface area contributed by atoms with E-state index in [-0.39, 0.29) is 11.8 Å². The van der Waals surface area contributed by atoms with Crippen LogP contribution in [-0.2, 0) is 16.0 Å². The largest absolute Gasteiger partial charge is 0.497 e. The lowest BCUT2D eigenvalue weighted by atomic mass is 10.0. The van der Waals surface area contributed by atoms with Crippen LogP contribution >= 0.6 is 0 Å². The van der Waals surface area contributed by atoms with Gasteiger partial charge in [0.15, 0.2) is 0 Å². The lowest BCUT2D eigenvalue weighted by Gasteiger charge is -2.22. The first-order valence-corrected chi connectivity index (χ1v) is 10.4. The molecule has 0 radical (unpaired) electrons. The fourth-order valence-corrected chi connectivity index (χ4v) is 4.32. The van der Waals surface area contributed by atoms with Crippen molar-refractivity contribution >= 4 is 28.8 Å². The molecule has 160 valence electrons. The smallest absolute Gasteiger partial charge is 0.282 e. The number of methoxy groups -OCH3 is 2. The number of rotatable bonds is 5. The highest BCUT2D eigenvalue weighted by molar-refractivity contribution is 6.46. The third kappa shape index (κ3) is 3.12. The van der Waals surface area contributed by atoms with Crippen molar-refractivity contribution in [2.75, 3.05) is 30.6 Å². The van der Waals surface area contributed by atoms with Gasteiger partial charge in [-0.05, 0) is 60.0 Å². The van der Waals surface area contributed by atoms with E-state index >= 15 is 0 Å². The monoisotopic (exact) mass is 426 g/mol. The third-order valence-corrected chi connectivity index (χ3v) is 5.93. The Morgan fingerprint density at radius 2 is 1.38 bits per heavy atom. The maximum atomic E-state index is 13.7. The molecule has 2 aliphatic heterocycles. The maximum absolute atomic E-state index is 13.7. The van der Waals surface area contributed by atoms with Gasteiger partial charge in [-0.2, -0.15) is 0 Å². The quantitative estimate of drug-likeness (QED) is 0.576. The summed E-state index contributed by atoms with van der Waals surface area (Å²) in [5, 5.41) is 0. The van der Waals surface area contributed by atoms with Crippen molar-refractivity contribution in [1.29, 1.82) is 0 Å². The van der Waals surface area contributed by atoms with Gasteiger partial charge in [0.2, 0.25) is 0 Å². The molecule has 6 heteroatoms. The molecular weight excluding hydrogens is 404 g/mol. The molecule has 0 N–H and O–H groups in total. The Labute approximate surface area is 186 Å². The van der Waals surface area contributed by atoms with Crippen LogP contribution in [0.5, 0.6) is 11.5 Å². The van der Waals surface area contributed by atoms with E-state index in [1.807, 2.05) is 35.2 Å². The minimum absolute atomic E-state index is 0.331. The van der Waals surface area contributed by atoms with Crippen molar-refractivity contribution in [3.63, 3.8) is 0 Å². The van der Waals surface area contributed by atoms with Gasteiger partial charge in [-0.15, -0.1) is 0 Å². The summed E-state index contributed by atoms with van der Waals surface area (Å²) in [6.07, 6.45) is 0.819. The molecule has 0 saturated heterocycles. The molecular formula is C26H22N2O4. The Kier molecular flexibility index (Phi) is 4.90. The average Bonchev–Trinajstić information content (AvgIpc) is 3.37. The number of carbonyl (C=O) groups excluding carboxylic acids is 2. The summed E-state index contributed by atoms with van der Waals surface area (Å²) >= 11 is 0. The predicted octanol–water partition coefficient (Wildman–Crippen LogP) is 4.05. The fraction of sp³-hybridized carbons (Fsp3) is 0.154. The van der Waals surface area contributed by atoms with Crippen LogP contribution < -0.4 is 19.3 Å². The van der Waals surface area contributed by atoms with Crippen LogP contribution in [0.1, 0.15) is 11.1 Å². The van der Waals surface area contributed by atoms with Crippen molar-refractivity contribution in [3.05, 3.63) is 89.6 Å². The Bertz CT molecular complexity index is 1230. The first kappa shape index (κ1) is 19.9. The number of carbonyl (C=O) groups is 2. The number of nitrogens with zero attached hydrogens (tertiary/aromatic N) is 2. The van der Waals surface area contributed by atoms with Gasteiger partial charge in [-0.3, -0.25) is 9.59 Å². The standard InChI is InChI=1S/C26H22N2O4/c1-31-20-11-7-18(8-12-20)23-24(27-16-15-17-5-3-4-6-22(17)27)26(30)28(25(23)29)19-9-13-21(32-2)14-10-19/h3-14H,15-16H2,1-2H3. The van der Waals surface area contributed by atoms with Gasteiger partial charge in [-0.1, -0.05) is 30.3 Å². The van der Waals surface area contributed by atoms with Crippen LogP contribution in [0.2, 0.25) is 0 Å². The number of para-hydroxylation sites is 1. The minimum atomic E-state index is -0.343. The van der Waals surface area contributed by atoms with E-state index in [0.29, 0.717) is 40.6 Å². The summed E-state index contributed by atoms with van der Waals surface area (Å²) in [5.74, 6) is 0.670. The first-order valence-electron chi connectivity index (χ1n) is 10.4. The van der Waals surface area contributed by atoms with E-state index in [2.05, 4.69) is 6.07 Å². The second-order valence-corrected chi connectivity index (χ2v) is 7.63. The minimum Gasteiger partial charge on any atom is -0.497 e. The summed E-state index contributed by atoms with van der Waals surface area (Å²) in [6.45, 7) is 0.643. The van der Waals surface area contributed by atoms with Gasteiger partial charge in [0.05, 0.1) is 25.5 Å². The second kappa shape index (κ2) is 7.89. The summed E-state index contributed by atoms with van der Waals surface area (Å²) in [6, 6.07) is 22.2. The molecule has 2 heterocycles. The molecule has 2 aliphatic rings. The number of hydrogen-bond donors (Lipinski definition) is 0. The van der Waals surface area contributed by atoms with E-state index in [1.165, 1.54) is 4.90 Å². The Hall–Kier alpha value is -4.06. The molecule has 32 heavy (non-hydrogen) atoms. The molecule has 0 saturated carbocycles. The zero-order valence-electron chi connectivity index (χ0n) is 17.9. The molecule has 0 bridgehead atoms. The summed E-state index contributed by atoms with van der Waals surface area (Å²) in [4.78, 5) is 30.6. The molecule has 6 nitrogen and oxygen atoms in total. The number of ether oxygens (including phenoxy) is 2. The van der Waals surface area contributed by atoms with Crippen molar-refractivity contribution in [1.82, 2.24) is 0 Å². The van der Waals surface area contributed by atoms with Gasteiger partial charge in [0.25, 0.3) is 11.8 Å². The maximum Gasteiger partial charge on any atom is 0.282 e. The molecule has 0 atom stereocenters. The zero-order chi connectivity index (χ0) is 22.2. The second-order valence-electron chi connectivity index (χ2n) is 7.63. The van der Waals surface area contributed by atoms with E-state index in [4.69, 9.17) is 9.47 Å². The molecule has 0 fully saturated rings. The van der Waals surface area contributed by atoms with Gasteiger partial charge >= 0.3 is 0 Å². The number of amides is 2. The highest BCUT2D eigenvalue weighted by Gasteiger charge is 2.44. The van der Waals surface area contributed by atoms with Gasteiger partial charge < -0.3 is 14.4 Å². The highest BCUT2D eigenvalue weighted by atomic mass is 16.5. The van der Waals surface area contributed by atoms with E-state index in [9.17, 15) is 9.59 Å². The normalized spacial score (nSPS) is 15.4. The number of fused-ring (bicyclic) bond motifs is 1. The van der Waals surface area contributed by atoms with Crippen LogP contribution in [0.4, 0.5) is 11.4 Å². The van der Waals surface area contributed by atoms with E-state index < -0.39 is 0 Å². The number of benzene rings is 3. The van der Waals surface area contributed by atoms with Crippen molar-refractivity contribution in [2.24, 2.45) is 0 Å². The SMILES string of the molecule is COc1ccc(C2=C(N3CCc4ccccc43)C(=O)N(c3ccc(OC)cc3)C2=O)cc1. The van der Waals surface area contributed by atoms with Crippen molar-refractivity contribution in [2.45, 2.75) is 6.42 Å².